The Morgan fingerprint density at radius 3 is 2.71 bits per heavy atom. The van der Waals surface area contributed by atoms with Crippen LogP contribution < -0.4 is 0 Å². The van der Waals surface area contributed by atoms with E-state index >= 15 is 0 Å². The van der Waals surface area contributed by atoms with Gasteiger partial charge in [-0.15, -0.1) is 0 Å². The number of benzene rings is 1. The smallest absolute Gasteiger partial charge is 0.0481 e. The van der Waals surface area contributed by atoms with Crippen LogP contribution in [0.5, 0.6) is 0 Å². The number of nitrogens with zero attached hydrogens (tertiary/aromatic N) is 2. The molecule has 1 aliphatic rings. The van der Waals surface area contributed by atoms with Gasteiger partial charge >= 0.3 is 0 Å². The Bertz CT molecular complexity index is 512. The van der Waals surface area contributed by atoms with E-state index in [-0.39, 0.29) is 0 Å². The molecule has 2 heterocycles. The van der Waals surface area contributed by atoms with E-state index in [0.717, 1.165) is 11.0 Å². The molecule has 0 atom stereocenters. The van der Waals surface area contributed by atoms with Crippen molar-refractivity contribution in [2.45, 2.75) is 19.4 Å². The molecular formula is C14H17BrN2. The lowest BCUT2D eigenvalue weighted by Gasteiger charge is -2.15. The molecule has 0 N–H and O–H groups in total. The first-order chi connectivity index (χ1) is 8.33. The molecule has 2 aromatic rings. The van der Waals surface area contributed by atoms with E-state index in [1.807, 2.05) is 0 Å². The van der Waals surface area contributed by atoms with Gasteiger partial charge in [0, 0.05) is 34.7 Å². The first-order valence-corrected chi connectivity index (χ1v) is 7.09. The molecule has 0 unspecified atom stereocenters. The molecule has 2 nitrogen and oxygen atoms in total. The lowest BCUT2D eigenvalue weighted by Crippen LogP contribution is -2.23. The summed E-state index contributed by atoms with van der Waals surface area (Å²) in [6.45, 7) is 4.85. The third-order valence-corrected chi connectivity index (χ3v) is 4.08. The molecule has 17 heavy (non-hydrogen) atoms. The van der Waals surface area contributed by atoms with Gasteiger partial charge in [-0.3, -0.25) is 0 Å². The van der Waals surface area contributed by atoms with Crippen LogP contribution in [-0.2, 0) is 6.54 Å². The zero-order valence-corrected chi connectivity index (χ0v) is 11.5. The predicted octanol–water partition coefficient (Wildman–Crippen LogP) is 3.50. The van der Waals surface area contributed by atoms with Gasteiger partial charge in [-0.2, -0.15) is 0 Å². The SMILES string of the molecule is Brc1ccc2c(ccn2CCN2CCCC2)c1. The second kappa shape index (κ2) is 4.83. The van der Waals surface area contributed by atoms with E-state index in [9.17, 15) is 0 Å². The van der Waals surface area contributed by atoms with Gasteiger partial charge in [-0.25, -0.2) is 0 Å². The summed E-state index contributed by atoms with van der Waals surface area (Å²) < 4.78 is 3.52. The summed E-state index contributed by atoms with van der Waals surface area (Å²) in [5, 5.41) is 1.32. The van der Waals surface area contributed by atoms with E-state index in [0.29, 0.717) is 0 Å². The van der Waals surface area contributed by atoms with Crippen molar-refractivity contribution in [2.24, 2.45) is 0 Å². The van der Waals surface area contributed by atoms with Crippen molar-refractivity contribution in [3.05, 3.63) is 34.9 Å². The van der Waals surface area contributed by atoms with Crippen molar-refractivity contribution in [3.63, 3.8) is 0 Å². The molecule has 0 saturated carbocycles. The molecule has 0 radical (unpaired) electrons. The first-order valence-electron chi connectivity index (χ1n) is 6.30. The van der Waals surface area contributed by atoms with Crippen LogP contribution in [0.25, 0.3) is 10.9 Å². The molecule has 0 bridgehead atoms. The van der Waals surface area contributed by atoms with Crippen molar-refractivity contribution in [3.8, 4) is 0 Å². The summed E-state index contributed by atoms with van der Waals surface area (Å²) in [4.78, 5) is 2.56. The number of hydrogen-bond donors (Lipinski definition) is 0. The fraction of sp³-hybridized carbons (Fsp3) is 0.429. The second-order valence-electron chi connectivity index (χ2n) is 4.76. The summed E-state index contributed by atoms with van der Waals surface area (Å²) in [5.41, 5.74) is 1.34. The Morgan fingerprint density at radius 1 is 1.06 bits per heavy atom. The average Bonchev–Trinajstić information content (AvgIpc) is 2.94. The maximum atomic E-state index is 3.52. The van der Waals surface area contributed by atoms with Crippen LogP contribution in [0.3, 0.4) is 0 Å². The fourth-order valence-corrected chi connectivity index (χ4v) is 3.00. The number of halogens is 1. The third kappa shape index (κ3) is 2.40. The summed E-state index contributed by atoms with van der Waals surface area (Å²) in [6, 6.07) is 8.70. The fourth-order valence-electron chi connectivity index (χ4n) is 2.62. The monoisotopic (exact) mass is 292 g/mol. The zero-order valence-electron chi connectivity index (χ0n) is 9.90. The lowest BCUT2D eigenvalue weighted by atomic mass is 10.2. The van der Waals surface area contributed by atoms with E-state index in [4.69, 9.17) is 0 Å². The largest absolute Gasteiger partial charge is 0.346 e. The minimum absolute atomic E-state index is 1.10. The molecule has 1 aliphatic heterocycles. The zero-order chi connectivity index (χ0) is 11.7. The van der Waals surface area contributed by atoms with Gasteiger partial charge in [-0.1, -0.05) is 15.9 Å². The second-order valence-corrected chi connectivity index (χ2v) is 5.68. The number of likely N-dealkylation sites (tertiary alicyclic amines) is 1. The first kappa shape index (κ1) is 11.3. The molecule has 0 aliphatic carbocycles. The molecule has 1 saturated heterocycles. The maximum absolute atomic E-state index is 3.52. The third-order valence-electron chi connectivity index (χ3n) is 3.59. The Kier molecular flexibility index (Phi) is 3.21. The van der Waals surface area contributed by atoms with Crippen LogP contribution in [0.1, 0.15) is 12.8 Å². The van der Waals surface area contributed by atoms with Gasteiger partial charge in [0.05, 0.1) is 0 Å². The van der Waals surface area contributed by atoms with Gasteiger partial charge in [0.2, 0.25) is 0 Å². The van der Waals surface area contributed by atoms with Gasteiger partial charge in [0.15, 0.2) is 0 Å². The van der Waals surface area contributed by atoms with Gasteiger partial charge < -0.3 is 9.47 Å². The average molecular weight is 293 g/mol. The van der Waals surface area contributed by atoms with Crippen molar-refractivity contribution in [2.75, 3.05) is 19.6 Å². The Morgan fingerprint density at radius 2 is 1.88 bits per heavy atom. The molecule has 3 heteroatoms. The summed E-state index contributed by atoms with van der Waals surface area (Å²) >= 11 is 3.52. The van der Waals surface area contributed by atoms with Crippen LogP contribution in [0, 0.1) is 0 Å². The molecule has 0 amide bonds. The Labute approximate surface area is 110 Å². The molecule has 1 aromatic carbocycles. The number of aromatic nitrogens is 1. The standard InChI is InChI=1S/C14H17BrN2/c15-13-3-4-14-12(11-13)5-8-17(14)10-9-16-6-1-2-7-16/h3-5,8,11H,1-2,6-7,9-10H2. The highest BCUT2D eigenvalue weighted by molar-refractivity contribution is 9.10. The van der Waals surface area contributed by atoms with Crippen molar-refractivity contribution >= 4 is 26.8 Å². The summed E-state index contributed by atoms with van der Waals surface area (Å²) in [5.74, 6) is 0. The molecule has 1 aromatic heterocycles. The van der Waals surface area contributed by atoms with E-state index in [1.54, 1.807) is 0 Å². The number of fused-ring (bicyclic) bond motifs is 1. The normalized spacial score (nSPS) is 17.0. The number of hydrogen-bond acceptors (Lipinski definition) is 1. The van der Waals surface area contributed by atoms with Crippen molar-refractivity contribution in [1.82, 2.24) is 9.47 Å². The predicted molar refractivity (Wildman–Crippen MR) is 75.3 cm³/mol. The molecular weight excluding hydrogens is 276 g/mol. The van der Waals surface area contributed by atoms with E-state index in [2.05, 4.69) is 55.9 Å². The molecule has 1 fully saturated rings. The lowest BCUT2D eigenvalue weighted by molar-refractivity contribution is 0.324. The maximum Gasteiger partial charge on any atom is 0.0481 e. The van der Waals surface area contributed by atoms with E-state index in [1.165, 1.54) is 43.4 Å². The highest BCUT2D eigenvalue weighted by Gasteiger charge is 2.11. The highest BCUT2D eigenvalue weighted by atomic mass is 79.9. The van der Waals surface area contributed by atoms with Crippen LogP contribution in [0.4, 0.5) is 0 Å². The summed E-state index contributed by atoms with van der Waals surface area (Å²) in [6.07, 6.45) is 4.95. The van der Waals surface area contributed by atoms with Crippen LogP contribution >= 0.6 is 15.9 Å². The van der Waals surface area contributed by atoms with Crippen LogP contribution in [-0.4, -0.2) is 29.1 Å². The minimum Gasteiger partial charge on any atom is -0.346 e. The highest BCUT2D eigenvalue weighted by Crippen LogP contribution is 2.21. The van der Waals surface area contributed by atoms with E-state index < -0.39 is 0 Å². The van der Waals surface area contributed by atoms with Crippen LogP contribution in [0.2, 0.25) is 0 Å². The molecule has 3 rings (SSSR count). The van der Waals surface area contributed by atoms with Crippen LogP contribution in [0.15, 0.2) is 34.9 Å². The molecule has 0 spiro atoms. The topological polar surface area (TPSA) is 8.17 Å². The summed E-state index contributed by atoms with van der Waals surface area (Å²) in [7, 11) is 0. The van der Waals surface area contributed by atoms with Gasteiger partial charge in [-0.05, 0) is 50.2 Å². The van der Waals surface area contributed by atoms with Gasteiger partial charge in [0.25, 0.3) is 0 Å². The van der Waals surface area contributed by atoms with Gasteiger partial charge in [0.1, 0.15) is 0 Å². The quantitative estimate of drug-likeness (QED) is 0.841. The van der Waals surface area contributed by atoms with Crippen molar-refractivity contribution in [1.29, 1.82) is 0 Å². The van der Waals surface area contributed by atoms with Crippen molar-refractivity contribution < 1.29 is 0 Å². The Balaban J connectivity index is 1.76. The minimum atomic E-state index is 1.10. The number of rotatable bonds is 3. The Hall–Kier alpha value is -0.800. The molecule has 90 valence electrons.